The Morgan fingerprint density at radius 2 is 2.32 bits per heavy atom. The lowest BCUT2D eigenvalue weighted by Gasteiger charge is -2.34. The van der Waals surface area contributed by atoms with E-state index in [0.717, 1.165) is 37.2 Å². The number of anilines is 1. The van der Waals surface area contributed by atoms with E-state index in [1.165, 1.54) is 5.56 Å². The molecule has 0 aliphatic carbocycles. The van der Waals surface area contributed by atoms with Crippen LogP contribution in [0.1, 0.15) is 29.3 Å². The van der Waals surface area contributed by atoms with Gasteiger partial charge in [0.25, 0.3) is 5.91 Å². The highest BCUT2D eigenvalue weighted by atomic mass is 16.3. The predicted molar refractivity (Wildman–Crippen MR) is 74.3 cm³/mol. The predicted octanol–water partition coefficient (Wildman–Crippen LogP) is 1.50. The van der Waals surface area contributed by atoms with E-state index in [4.69, 9.17) is 0 Å². The Bertz CT molecular complexity index is 501. The number of nitrogens with one attached hydrogen (secondary N) is 1. The standard InChI is InChI=1S/C15H20N2O2/c1-10-5-7-17(9-14(10)18)15(19)12-3-2-11-4-6-16-13(11)8-12/h2-3,8,10,14,16,18H,4-7,9H2,1H3. The number of hydrogen-bond acceptors (Lipinski definition) is 3. The maximum Gasteiger partial charge on any atom is 0.254 e. The average molecular weight is 260 g/mol. The van der Waals surface area contributed by atoms with Crippen LogP contribution >= 0.6 is 0 Å². The van der Waals surface area contributed by atoms with Crippen LogP contribution in [0.3, 0.4) is 0 Å². The molecule has 1 fully saturated rings. The number of piperidine rings is 1. The van der Waals surface area contributed by atoms with Gasteiger partial charge in [-0.1, -0.05) is 13.0 Å². The monoisotopic (exact) mass is 260 g/mol. The van der Waals surface area contributed by atoms with Gasteiger partial charge in [-0.3, -0.25) is 4.79 Å². The number of rotatable bonds is 1. The van der Waals surface area contributed by atoms with Crippen LogP contribution in [-0.4, -0.2) is 41.7 Å². The second-order valence-electron chi connectivity index (χ2n) is 5.63. The molecule has 2 atom stereocenters. The number of nitrogens with zero attached hydrogens (tertiary/aromatic N) is 1. The van der Waals surface area contributed by atoms with Crippen LogP contribution in [0.25, 0.3) is 0 Å². The zero-order valence-corrected chi connectivity index (χ0v) is 11.2. The summed E-state index contributed by atoms with van der Waals surface area (Å²) in [4.78, 5) is 14.2. The molecule has 4 nitrogen and oxygen atoms in total. The molecule has 2 N–H and O–H groups in total. The van der Waals surface area contributed by atoms with Crippen LogP contribution in [0.4, 0.5) is 5.69 Å². The summed E-state index contributed by atoms with van der Waals surface area (Å²) in [6.45, 7) is 4.17. The van der Waals surface area contributed by atoms with Crippen molar-refractivity contribution in [2.24, 2.45) is 5.92 Å². The second-order valence-corrected chi connectivity index (χ2v) is 5.63. The topological polar surface area (TPSA) is 52.6 Å². The highest BCUT2D eigenvalue weighted by molar-refractivity contribution is 5.95. The largest absolute Gasteiger partial charge is 0.391 e. The Morgan fingerprint density at radius 3 is 3.11 bits per heavy atom. The minimum Gasteiger partial charge on any atom is -0.391 e. The highest BCUT2D eigenvalue weighted by Gasteiger charge is 2.28. The first-order valence-electron chi connectivity index (χ1n) is 6.99. The van der Waals surface area contributed by atoms with Gasteiger partial charge in [-0.15, -0.1) is 0 Å². The summed E-state index contributed by atoms with van der Waals surface area (Å²) in [7, 11) is 0. The Kier molecular flexibility index (Phi) is 3.19. The van der Waals surface area contributed by atoms with E-state index in [-0.39, 0.29) is 11.8 Å². The molecule has 19 heavy (non-hydrogen) atoms. The summed E-state index contributed by atoms with van der Waals surface area (Å²) in [6.07, 6.45) is 1.50. The molecular weight excluding hydrogens is 240 g/mol. The fourth-order valence-corrected chi connectivity index (χ4v) is 2.84. The van der Waals surface area contributed by atoms with Gasteiger partial charge in [-0.2, -0.15) is 0 Å². The highest BCUT2D eigenvalue weighted by Crippen LogP contribution is 2.25. The number of amides is 1. The normalized spacial score (nSPS) is 25.9. The lowest BCUT2D eigenvalue weighted by molar-refractivity contribution is 0.0248. The third-order valence-corrected chi connectivity index (χ3v) is 4.27. The molecule has 0 radical (unpaired) electrons. The van der Waals surface area contributed by atoms with Crippen LogP contribution < -0.4 is 5.32 Å². The number of β-amino-alcohol motifs (C(OH)–C–C–N with tert-alkyl or cyclic N) is 1. The SMILES string of the molecule is CC1CCN(C(=O)c2ccc3c(c2)NCC3)CC1O. The first kappa shape index (κ1) is 12.5. The Balaban J connectivity index is 1.77. The van der Waals surface area contributed by atoms with Gasteiger partial charge in [0.1, 0.15) is 0 Å². The van der Waals surface area contributed by atoms with E-state index in [0.29, 0.717) is 6.54 Å². The van der Waals surface area contributed by atoms with Crippen molar-refractivity contribution in [1.29, 1.82) is 0 Å². The number of aliphatic hydroxyl groups excluding tert-OH is 1. The quantitative estimate of drug-likeness (QED) is 0.804. The average Bonchev–Trinajstić information content (AvgIpc) is 2.88. The molecule has 0 saturated carbocycles. The summed E-state index contributed by atoms with van der Waals surface area (Å²) in [5, 5.41) is 13.2. The molecule has 2 heterocycles. The lowest BCUT2D eigenvalue weighted by atomic mass is 9.95. The molecule has 2 aliphatic rings. The van der Waals surface area contributed by atoms with E-state index < -0.39 is 6.10 Å². The second kappa shape index (κ2) is 4.85. The summed E-state index contributed by atoms with van der Waals surface area (Å²) in [6, 6.07) is 5.87. The van der Waals surface area contributed by atoms with Gasteiger partial charge in [-0.25, -0.2) is 0 Å². The van der Waals surface area contributed by atoms with Crippen LogP contribution in [0.15, 0.2) is 18.2 Å². The molecule has 1 amide bonds. The minimum absolute atomic E-state index is 0.0300. The van der Waals surface area contributed by atoms with Gasteiger partial charge in [0.05, 0.1) is 6.10 Å². The van der Waals surface area contributed by atoms with Crippen LogP contribution in [0.2, 0.25) is 0 Å². The molecule has 2 unspecified atom stereocenters. The minimum atomic E-state index is -0.398. The van der Waals surface area contributed by atoms with Crippen LogP contribution in [-0.2, 0) is 6.42 Å². The smallest absolute Gasteiger partial charge is 0.254 e. The van der Waals surface area contributed by atoms with Gasteiger partial charge < -0.3 is 15.3 Å². The van der Waals surface area contributed by atoms with Crippen molar-refractivity contribution in [2.75, 3.05) is 25.0 Å². The van der Waals surface area contributed by atoms with E-state index in [9.17, 15) is 9.90 Å². The van der Waals surface area contributed by atoms with Crippen molar-refractivity contribution in [3.8, 4) is 0 Å². The number of carbonyl (C=O) groups is 1. The van der Waals surface area contributed by atoms with Crippen molar-refractivity contribution in [2.45, 2.75) is 25.9 Å². The van der Waals surface area contributed by atoms with Crippen LogP contribution in [0.5, 0.6) is 0 Å². The molecule has 2 aliphatic heterocycles. The zero-order chi connectivity index (χ0) is 13.4. The van der Waals surface area contributed by atoms with Gasteiger partial charge in [0.2, 0.25) is 0 Å². The van der Waals surface area contributed by atoms with Crippen molar-refractivity contribution < 1.29 is 9.90 Å². The van der Waals surface area contributed by atoms with Gasteiger partial charge in [0, 0.05) is 30.9 Å². The molecule has 0 spiro atoms. The fourth-order valence-electron chi connectivity index (χ4n) is 2.84. The molecule has 0 bridgehead atoms. The fraction of sp³-hybridized carbons (Fsp3) is 0.533. The number of carbonyl (C=O) groups excluding carboxylic acids is 1. The van der Waals surface area contributed by atoms with Crippen LogP contribution in [0, 0.1) is 5.92 Å². The van der Waals surface area contributed by atoms with Crippen molar-refractivity contribution in [1.82, 2.24) is 4.90 Å². The maximum absolute atomic E-state index is 12.4. The summed E-state index contributed by atoms with van der Waals surface area (Å²) in [5.41, 5.74) is 3.08. The maximum atomic E-state index is 12.4. The summed E-state index contributed by atoms with van der Waals surface area (Å²) >= 11 is 0. The van der Waals surface area contributed by atoms with Crippen molar-refractivity contribution >= 4 is 11.6 Å². The number of hydrogen-bond donors (Lipinski definition) is 2. The molecule has 3 rings (SSSR count). The van der Waals surface area contributed by atoms with Crippen molar-refractivity contribution in [3.05, 3.63) is 29.3 Å². The molecule has 1 aromatic rings. The van der Waals surface area contributed by atoms with E-state index >= 15 is 0 Å². The van der Waals surface area contributed by atoms with E-state index in [1.54, 1.807) is 4.90 Å². The van der Waals surface area contributed by atoms with E-state index in [2.05, 4.69) is 5.32 Å². The summed E-state index contributed by atoms with van der Waals surface area (Å²) < 4.78 is 0. The lowest BCUT2D eigenvalue weighted by Crippen LogP contribution is -2.45. The zero-order valence-electron chi connectivity index (χ0n) is 11.2. The molecule has 0 aromatic heterocycles. The number of aliphatic hydroxyl groups is 1. The third-order valence-electron chi connectivity index (χ3n) is 4.27. The Morgan fingerprint density at radius 1 is 1.47 bits per heavy atom. The molecule has 4 heteroatoms. The van der Waals surface area contributed by atoms with Gasteiger partial charge in [-0.05, 0) is 36.5 Å². The third kappa shape index (κ3) is 2.32. The Hall–Kier alpha value is -1.55. The Labute approximate surface area is 113 Å². The molecular formula is C15H20N2O2. The van der Waals surface area contributed by atoms with Crippen molar-refractivity contribution in [3.63, 3.8) is 0 Å². The number of benzene rings is 1. The molecule has 102 valence electrons. The van der Waals surface area contributed by atoms with Gasteiger partial charge in [0.15, 0.2) is 0 Å². The molecule has 1 saturated heterocycles. The number of fused-ring (bicyclic) bond motifs is 1. The van der Waals surface area contributed by atoms with Gasteiger partial charge >= 0.3 is 0 Å². The number of likely N-dealkylation sites (tertiary alicyclic amines) is 1. The molecule has 1 aromatic carbocycles. The van der Waals surface area contributed by atoms with E-state index in [1.807, 2.05) is 25.1 Å². The first-order chi connectivity index (χ1) is 9.15. The summed E-state index contributed by atoms with van der Waals surface area (Å²) in [5.74, 6) is 0.313. The first-order valence-corrected chi connectivity index (χ1v) is 6.99.